The molecule has 20 heavy (non-hydrogen) atoms. The number of halogens is 3. The molecule has 0 saturated carbocycles. The van der Waals surface area contributed by atoms with Gasteiger partial charge in [-0.15, -0.1) is 0 Å². The number of benzene rings is 1. The van der Waals surface area contributed by atoms with Crippen LogP contribution in [0, 0.1) is 0 Å². The fraction of sp³-hybridized carbons (Fsp3) is 0.571. The van der Waals surface area contributed by atoms with Gasteiger partial charge in [0.1, 0.15) is 12.4 Å². The largest absolute Gasteiger partial charge is 0.491 e. The number of nitrogens with one attached hydrogen (secondary N) is 1. The van der Waals surface area contributed by atoms with Crippen molar-refractivity contribution in [3.8, 4) is 5.75 Å². The molecule has 114 valence electrons. The number of alkyl halides is 3. The molecule has 1 unspecified atom stereocenters. The number of hydrogen-bond donors (Lipinski definition) is 2. The molecule has 0 radical (unpaired) electrons. The minimum absolute atomic E-state index is 0.0267. The standard InChI is InChI=1S/C14H20F3NO2/c1-10(2)18-7-6-12(19)9-20-13-5-3-4-11(8-13)14(15,16)17/h3-5,8,10,12,18-19H,6-7,9H2,1-2H3. The smallest absolute Gasteiger partial charge is 0.416 e. The van der Waals surface area contributed by atoms with Crippen LogP contribution < -0.4 is 10.1 Å². The van der Waals surface area contributed by atoms with E-state index in [2.05, 4.69) is 5.32 Å². The molecule has 3 nitrogen and oxygen atoms in total. The van der Waals surface area contributed by atoms with Crippen LogP contribution in [0.25, 0.3) is 0 Å². The Labute approximate surface area is 116 Å². The van der Waals surface area contributed by atoms with E-state index in [9.17, 15) is 18.3 Å². The SMILES string of the molecule is CC(C)NCCC(O)COc1cccc(C(F)(F)F)c1. The van der Waals surface area contributed by atoms with Gasteiger partial charge in [0, 0.05) is 6.04 Å². The summed E-state index contributed by atoms with van der Waals surface area (Å²) in [4.78, 5) is 0. The molecule has 0 bridgehead atoms. The molecular formula is C14H20F3NO2. The van der Waals surface area contributed by atoms with E-state index in [1.165, 1.54) is 12.1 Å². The molecule has 1 rings (SSSR count). The molecule has 1 atom stereocenters. The second kappa shape index (κ2) is 7.50. The number of aliphatic hydroxyl groups is 1. The van der Waals surface area contributed by atoms with Gasteiger partial charge in [0.15, 0.2) is 0 Å². The Kier molecular flexibility index (Phi) is 6.29. The Hall–Kier alpha value is -1.27. The summed E-state index contributed by atoms with van der Waals surface area (Å²) in [6, 6.07) is 4.96. The summed E-state index contributed by atoms with van der Waals surface area (Å²) in [5.74, 6) is 0.107. The summed E-state index contributed by atoms with van der Waals surface area (Å²) in [5.41, 5.74) is -0.758. The highest BCUT2D eigenvalue weighted by Gasteiger charge is 2.30. The molecule has 0 saturated heterocycles. The first-order valence-corrected chi connectivity index (χ1v) is 6.50. The quantitative estimate of drug-likeness (QED) is 0.811. The third-order valence-electron chi connectivity index (χ3n) is 2.63. The van der Waals surface area contributed by atoms with E-state index < -0.39 is 17.8 Å². The third kappa shape index (κ3) is 6.25. The van der Waals surface area contributed by atoms with E-state index in [1.807, 2.05) is 13.8 Å². The van der Waals surface area contributed by atoms with E-state index in [4.69, 9.17) is 4.74 Å². The zero-order valence-corrected chi connectivity index (χ0v) is 11.6. The van der Waals surface area contributed by atoms with Crippen LogP contribution in [0.4, 0.5) is 13.2 Å². The van der Waals surface area contributed by atoms with Gasteiger partial charge in [0.2, 0.25) is 0 Å². The maximum absolute atomic E-state index is 12.5. The fourth-order valence-corrected chi connectivity index (χ4v) is 1.58. The van der Waals surface area contributed by atoms with Crippen molar-refractivity contribution in [2.45, 2.75) is 38.6 Å². The topological polar surface area (TPSA) is 41.5 Å². The van der Waals surface area contributed by atoms with E-state index in [-0.39, 0.29) is 12.4 Å². The van der Waals surface area contributed by atoms with Crippen molar-refractivity contribution in [2.75, 3.05) is 13.2 Å². The molecule has 0 fully saturated rings. The monoisotopic (exact) mass is 291 g/mol. The molecule has 0 aliphatic rings. The zero-order chi connectivity index (χ0) is 15.2. The number of aliphatic hydroxyl groups excluding tert-OH is 1. The summed E-state index contributed by atoms with van der Waals surface area (Å²) in [5, 5.41) is 12.8. The maximum atomic E-state index is 12.5. The van der Waals surface area contributed by atoms with E-state index in [0.29, 0.717) is 19.0 Å². The number of ether oxygens (including phenoxy) is 1. The minimum Gasteiger partial charge on any atom is -0.491 e. The highest BCUT2D eigenvalue weighted by Crippen LogP contribution is 2.31. The van der Waals surface area contributed by atoms with Crippen molar-refractivity contribution >= 4 is 0 Å². The lowest BCUT2D eigenvalue weighted by Gasteiger charge is -2.15. The van der Waals surface area contributed by atoms with Crippen molar-refractivity contribution in [1.29, 1.82) is 0 Å². The first-order chi connectivity index (χ1) is 9.29. The summed E-state index contributed by atoms with van der Waals surface area (Å²) in [6.45, 7) is 4.59. The van der Waals surface area contributed by atoms with Crippen molar-refractivity contribution < 1.29 is 23.0 Å². The molecule has 2 N–H and O–H groups in total. The van der Waals surface area contributed by atoms with Gasteiger partial charge < -0.3 is 15.2 Å². The van der Waals surface area contributed by atoms with Gasteiger partial charge in [-0.2, -0.15) is 13.2 Å². The highest BCUT2D eigenvalue weighted by atomic mass is 19.4. The zero-order valence-electron chi connectivity index (χ0n) is 11.6. The molecule has 0 amide bonds. The summed E-state index contributed by atoms with van der Waals surface area (Å²) < 4.78 is 42.7. The van der Waals surface area contributed by atoms with Crippen molar-refractivity contribution in [3.05, 3.63) is 29.8 Å². The second-order valence-corrected chi connectivity index (χ2v) is 4.89. The average Bonchev–Trinajstić information content (AvgIpc) is 2.35. The lowest BCUT2D eigenvalue weighted by Crippen LogP contribution is -2.28. The Balaban J connectivity index is 2.41. The van der Waals surface area contributed by atoms with Gasteiger partial charge in [-0.05, 0) is 31.2 Å². The van der Waals surface area contributed by atoms with Crippen LogP contribution in [0.5, 0.6) is 5.75 Å². The molecule has 0 aliphatic carbocycles. The molecule has 0 heterocycles. The van der Waals surface area contributed by atoms with Crippen LogP contribution in [-0.4, -0.2) is 30.4 Å². The van der Waals surface area contributed by atoms with Gasteiger partial charge in [0.25, 0.3) is 0 Å². The van der Waals surface area contributed by atoms with Crippen LogP contribution in [-0.2, 0) is 6.18 Å². The lowest BCUT2D eigenvalue weighted by molar-refractivity contribution is -0.137. The maximum Gasteiger partial charge on any atom is 0.416 e. The third-order valence-corrected chi connectivity index (χ3v) is 2.63. The first kappa shape index (κ1) is 16.8. The van der Waals surface area contributed by atoms with Crippen LogP contribution in [0.15, 0.2) is 24.3 Å². The molecule has 0 aliphatic heterocycles. The fourth-order valence-electron chi connectivity index (χ4n) is 1.58. The lowest BCUT2D eigenvalue weighted by atomic mass is 10.2. The van der Waals surface area contributed by atoms with Crippen molar-refractivity contribution in [1.82, 2.24) is 5.32 Å². The second-order valence-electron chi connectivity index (χ2n) is 4.89. The van der Waals surface area contributed by atoms with E-state index in [1.54, 1.807) is 0 Å². The van der Waals surface area contributed by atoms with E-state index >= 15 is 0 Å². The van der Waals surface area contributed by atoms with Crippen LogP contribution in [0.1, 0.15) is 25.8 Å². The Morgan fingerprint density at radius 2 is 2.00 bits per heavy atom. The number of rotatable bonds is 7. The Bertz CT molecular complexity index is 408. The van der Waals surface area contributed by atoms with E-state index in [0.717, 1.165) is 12.1 Å². The average molecular weight is 291 g/mol. The summed E-state index contributed by atoms with van der Waals surface area (Å²) in [7, 11) is 0. The first-order valence-electron chi connectivity index (χ1n) is 6.50. The molecule has 0 aromatic heterocycles. The Morgan fingerprint density at radius 3 is 2.60 bits per heavy atom. The molecule has 0 spiro atoms. The molecule has 6 heteroatoms. The summed E-state index contributed by atoms with van der Waals surface area (Å²) >= 11 is 0. The Morgan fingerprint density at radius 1 is 1.30 bits per heavy atom. The number of hydrogen-bond acceptors (Lipinski definition) is 3. The highest BCUT2D eigenvalue weighted by molar-refractivity contribution is 5.30. The normalized spacial score (nSPS) is 13.6. The van der Waals surface area contributed by atoms with Gasteiger partial charge in [-0.1, -0.05) is 19.9 Å². The van der Waals surface area contributed by atoms with Crippen LogP contribution in [0.3, 0.4) is 0 Å². The predicted molar refractivity (Wildman–Crippen MR) is 70.7 cm³/mol. The van der Waals surface area contributed by atoms with Crippen LogP contribution in [0.2, 0.25) is 0 Å². The minimum atomic E-state index is -4.39. The summed E-state index contributed by atoms with van der Waals surface area (Å²) in [6.07, 6.45) is -4.62. The van der Waals surface area contributed by atoms with Gasteiger partial charge in [-0.3, -0.25) is 0 Å². The molecule has 1 aromatic rings. The van der Waals surface area contributed by atoms with Crippen molar-refractivity contribution in [2.24, 2.45) is 0 Å². The molecule has 1 aromatic carbocycles. The van der Waals surface area contributed by atoms with Crippen LogP contribution >= 0.6 is 0 Å². The molecular weight excluding hydrogens is 271 g/mol. The van der Waals surface area contributed by atoms with Gasteiger partial charge in [0.05, 0.1) is 11.7 Å². The van der Waals surface area contributed by atoms with Gasteiger partial charge in [-0.25, -0.2) is 0 Å². The van der Waals surface area contributed by atoms with Gasteiger partial charge >= 0.3 is 6.18 Å². The van der Waals surface area contributed by atoms with Crippen molar-refractivity contribution in [3.63, 3.8) is 0 Å². The predicted octanol–water partition coefficient (Wildman–Crippen LogP) is 2.83.